The van der Waals surface area contributed by atoms with E-state index in [1.807, 2.05) is 12.1 Å². The van der Waals surface area contributed by atoms with E-state index in [0.717, 1.165) is 5.56 Å². The second kappa shape index (κ2) is 4.38. The summed E-state index contributed by atoms with van der Waals surface area (Å²) in [6, 6.07) is 8.33. The van der Waals surface area contributed by atoms with Gasteiger partial charge in [-0.05, 0) is 23.8 Å². The van der Waals surface area contributed by atoms with Gasteiger partial charge in [-0.2, -0.15) is 0 Å². The number of ether oxygens (including phenoxy) is 2. The van der Waals surface area contributed by atoms with E-state index in [1.165, 1.54) is 12.1 Å². The number of alkyl halides is 2. The summed E-state index contributed by atoms with van der Waals surface area (Å²) >= 11 is 0. The van der Waals surface area contributed by atoms with Crippen LogP contribution in [0.4, 0.5) is 14.5 Å². The Kier molecular flexibility index (Phi) is 2.70. The summed E-state index contributed by atoms with van der Waals surface area (Å²) in [6.07, 6.45) is -0.162. The maximum Gasteiger partial charge on any atom is 0.586 e. The Morgan fingerprint density at radius 3 is 2.79 bits per heavy atom. The number of pyridine rings is 1. The van der Waals surface area contributed by atoms with Crippen LogP contribution in [0.2, 0.25) is 0 Å². The van der Waals surface area contributed by atoms with Crippen molar-refractivity contribution in [2.75, 3.05) is 5.32 Å². The third-order valence-electron chi connectivity index (χ3n) is 2.62. The van der Waals surface area contributed by atoms with Gasteiger partial charge in [0.15, 0.2) is 11.5 Å². The maximum atomic E-state index is 12.8. The molecule has 4 nitrogen and oxygen atoms in total. The number of fused-ring (bicyclic) bond motifs is 1. The number of halogens is 2. The lowest BCUT2D eigenvalue weighted by molar-refractivity contribution is -0.286. The average molecular weight is 264 g/mol. The van der Waals surface area contributed by atoms with Gasteiger partial charge < -0.3 is 14.8 Å². The van der Waals surface area contributed by atoms with Gasteiger partial charge in [0.25, 0.3) is 0 Å². The Morgan fingerprint density at radius 2 is 2.00 bits per heavy atom. The number of aromatic nitrogens is 1. The first-order valence-electron chi connectivity index (χ1n) is 5.65. The molecule has 0 saturated heterocycles. The summed E-state index contributed by atoms with van der Waals surface area (Å²) in [7, 11) is 0. The van der Waals surface area contributed by atoms with Crippen molar-refractivity contribution in [1.82, 2.24) is 4.98 Å². The van der Waals surface area contributed by atoms with Gasteiger partial charge in [-0.25, -0.2) is 0 Å². The smallest absolute Gasteiger partial charge is 0.395 e. The summed E-state index contributed by atoms with van der Waals surface area (Å²) in [5.41, 5.74) is 1.66. The molecule has 0 radical (unpaired) electrons. The minimum Gasteiger partial charge on any atom is -0.395 e. The van der Waals surface area contributed by atoms with Crippen molar-refractivity contribution in [3.8, 4) is 11.5 Å². The van der Waals surface area contributed by atoms with Gasteiger partial charge in [-0.3, -0.25) is 4.98 Å². The molecule has 0 spiro atoms. The molecule has 2 aromatic rings. The van der Waals surface area contributed by atoms with Crippen molar-refractivity contribution in [2.45, 2.75) is 12.8 Å². The molecule has 0 atom stereocenters. The van der Waals surface area contributed by atoms with Crippen molar-refractivity contribution >= 4 is 5.69 Å². The van der Waals surface area contributed by atoms with Gasteiger partial charge in [0.1, 0.15) is 0 Å². The number of anilines is 1. The van der Waals surface area contributed by atoms with Gasteiger partial charge in [-0.15, -0.1) is 8.78 Å². The number of hydrogen-bond acceptors (Lipinski definition) is 4. The molecule has 0 aliphatic carbocycles. The third-order valence-corrected chi connectivity index (χ3v) is 2.62. The summed E-state index contributed by atoms with van der Waals surface area (Å²) in [6.45, 7) is 0.546. The molecule has 0 saturated carbocycles. The fraction of sp³-hybridized carbons (Fsp3) is 0.154. The normalized spacial score (nSPS) is 15.3. The standard InChI is InChI=1S/C13H10F2N2O2/c14-13(15)18-11-4-3-10(6-12(11)19-13)17-8-9-2-1-5-16-7-9/h1-7,17H,8H2. The number of rotatable bonds is 3. The van der Waals surface area contributed by atoms with E-state index >= 15 is 0 Å². The van der Waals surface area contributed by atoms with E-state index in [4.69, 9.17) is 0 Å². The molecular formula is C13H10F2N2O2. The summed E-state index contributed by atoms with van der Waals surface area (Å²) in [4.78, 5) is 3.99. The van der Waals surface area contributed by atoms with Crippen molar-refractivity contribution in [1.29, 1.82) is 0 Å². The summed E-state index contributed by atoms with van der Waals surface area (Å²) in [5.74, 6) is 0.0677. The monoisotopic (exact) mass is 264 g/mol. The SMILES string of the molecule is FC1(F)Oc2ccc(NCc3cccnc3)cc2O1. The number of nitrogens with one attached hydrogen (secondary N) is 1. The third kappa shape index (κ3) is 2.57. The minimum absolute atomic E-state index is 0.0289. The molecule has 6 heteroatoms. The first-order chi connectivity index (χ1) is 9.12. The van der Waals surface area contributed by atoms with Crippen LogP contribution in [0.5, 0.6) is 11.5 Å². The fourth-order valence-electron chi connectivity index (χ4n) is 1.77. The molecule has 0 amide bonds. The van der Waals surface area contributed by atoms with Crippen LogP contribution in [0.15, 0.2) is 42.7 Å². The van der Waals surface area contributed by atoms with Crippen molar-refractivity contribution in [3.05, 3.63) is 48.3 Å². The van der Waals surface area contributed by atoms with Crippen LogP contribution >= 0.6 is 0 Å². The van der Waals surface area contributed by atoms with E-state index in [0.29, 0.717) is 12.2 Å². The predicted molar refractivity (Wildman–Crippen MR) is 64.2 cm³/mol. The average Bonchev–Trinajstić information content (AvgIpc) is 2.70. The number of benzene rings is 1. The molecule has 1 aromatic carbocycles. The molecule has 1 N–H and O–H groups in total. The highest BCUT2D eigenvalue weighted by Crippen LogP contribution is 2.42. The van der Waals surface area contributed by atoms with Gasteiger partial charge >= 0.3 is 6.29 Å². The predicted octanol–water partition coefficient (Wildman–Crippen LogP) is 3.02. The minimum atomic E-state index is -3.58. The van der Waals surface area contributed by atoms with E-state index in [9.17, 15) is 8.78 Å². The molecular weight excluding hydrogens is 254 g/mol. The summed E-state index contributed by atoms with van der Waals surface area (Å²) < 4.78 is 34.4. The highest BCUT2D eigenvalue weighted by atomic mass is 19.3. The van der Waals surface area contributed by atoms with E-state index in [-0.39, 0.29) is 11.5 Å². The summed E-state index contributed by atoms with van der Waals surface area (Å²) in [5, 5.41) is 3.10. The lowest BCUT2D eigenvalue weighted by Gasteiger charge is -2.06. The maximum absolute atomic E-state index is 12.8. The van der Waals surface area contributed by atoms with Crippen molar-refractivity contribution in [2.24, 2.45) is 0 Å². The molecule has 0 fully saturated rings. The molecule has 3 rings (SSSR count). The quantitative estimate of drug-likeness (QED) is 0.925. The second-order valence-corrected chi connectivity index (χ2v) is 4.04. The van der Waals surface area contributed by atoms with E-state index in [2.05, 4.69) is 19.8 Å². The molecule has 19 heavy (non-hydrogen) atoms. The van der Waals surface area contributed by atoms with Crippen LogP contribution in [-0.2, 0) is 6.54 Å². The molecule has 2 heterocycles. The van der Waals surface area contributed by atoms with Crippen LogP contribution < -0.4 is 14.8 Å². The van der Waals surface area contributed by atoms with Crippen LogP contribution in [0.3, 0.4) is 0 Å². The largest absolute Gasteiger partial charge is 0.586 e. The number of hydrogen-bond donors (Lipinski definition) is 1. The zero-order valence-corrected chi connectivity index (χ0v) is 9.77. The van der Waals surface area contributed by atoms with E-state index in [1.54, 1.807) is 18.5 Å². The Balaban J connectivity index is 1.71. The highest BCUT2D eigenvalue weighted by Gasteiger charge is 2.43. The topological polar surface area (TPSA) is 43.4 Å². The van der Waals surface area contributed by atoms with Crippen LogP contribution in [0.1, 0.15) is 5.56 Å². The Morgan fingerprint density at radius 1 is 1.16 bits per heavy atom. The zero-order chi connectivity index (χ0) is 13.3. The molecule has 0 unspecified atom stereocenters. The first kappa shape index (κ1) is 11.7. The van der Waals surface area contributed by atoms with Gasteiger partial charge in [0.05, 0.1) is 0 Å². The lowest BCUT2D eigenvalue weighted by Crippen LogP contribution is -2.25. The van der Waals surface area contributed by atoms with Gasteiger partial charge in [-0.1, -0.05) is 6.07 Å². The van der Waals surface area contributed by atoms with Crippen LogP contribution in [-0.4, -0.2) is 11.3 Å². The number of nitrogens with zero attached hydrogens (tertiary/aromatic N) is 1. The Hall–Kier alpha value is -2.37. The first-order valence-corrected chi connectivity index (χ1v) is 5.65. The molecule has 1 aliphatic heterocycles. The zero-order valence-electron chi connectivity index (χ0n) is 9.77. The van der Waals surface area contributed by atoms with Crippen molar-refractivity contribution in [3.63, 3.8) is 0 Å². The molecule has 1 aliphatic rings. The van der Waals surface area contributed by atoms with Crippen molar-refractivity contribution < 1.29 is 18.3 Å². The highest BCUT2D eigenvalue weighted by molar-refractivity contribution is 5.56. The van der Waals surface area contributed by atoms with E-state index < -0.39 is 6.29 Å². The Bertz CT molecular complexity index is 590. The van der Waals surface area contributed by atoms with Crippen LogP contribution in [0.25, 0.3) is 0 Å². The van der Waals surface area contributed by atoms with Crippen LogP contribution in [0, 0.1) is 0 Å². The second-order valence-electron chi connectivity index (χ2n) is 4.04. The Labute approximate surface area is 108 Å². The van der Waals surface area contributed by atoms with Gasteiger partial charge in [0.2, 0.25) is 0 Å². The lowest BCUT2D eigenvalue weighted by atomic mass is 10.2. The fourth-order valence-corrected chi connectivity index (χ4v) is 1.77. The molecule has 98 valence electrons. The molecule has 0 bridgehead atoms. The molecule has 1 aromatic heterocycles. The van der Waals surface area contributed by atoms with Gasteiger partial charge in [0, 0.05) is 30.7 Å².